The van der Waals surface area contributed by atoms with E-state index in [9.17, 15) is 9.59 Å². The predicted molar refractivity (Wildman–Crippen MR) is 88.0 cm³/mol. The quantitative estimate of drug-likeness (QED) is 0.330. The van der Waals surface area contributed by atoms with Crippen LogP contribution in [0.3, 0.4) is 0 Å². The number of carbonyl (C=O) groups is 2. The fourth-order valence-corrected chi connectivity index (χ4v) is 2.42. The summed E-state index contributed by atoms with van der Waals surface area (Å²) in [6, 6.07) is 0. The molecule has 1 aliphatic carbocycles. The highest BCUT2D eigenvalue weighted by Gasteiger charge is 2.30. The monoisotopic (exact) mass is 326 g/mol. The SMILES string of the molecule is CCCCCCOC(=O)CCC1=CC(OC(C)(C)OC)CC1=O. The highest BCUT2D eigenvalue weighted by molar-refractivity contribution is 5.98. The van der Waals surface area contributed by atoms with Crippen LogP contribution < -0.4 is 0 Å². The standard InChI is InChI=1S/C18H30O5/c1-5-6-7-8-11-22-17(20)10-9-14-12-15(13-16(14)19)23-18(2,3)21-4/h12,15H,5-11,13H2,1-4H3. The third kappa shape index (κ3) is 7.75. The number of ketones is 1. The van der Waals surface area contributed by atoms with Gasteiger partial charge in [0.2, 0.25) is 0 Å². The summed E-state index contributed by atoms with van der Waals surface area (Å²) in [6.45, 7) is 6.22. The Morgan fingerprint density at radius 2 is 2.04 bits per heavy atom. The highest BCUT2D eigenvalue weighted by atomic mass is 16.7. The number of ether oxygens (including phenoxy) is 3. The summed E-state index contributed by atoms with van der Waals surface area (Å²) in [6.07, 6.45) is 6.81. The first-order valence-corrected chi connectivity index (χ1v) is 8.50. The number of hydrogen-bond acceptors (Lipinski definition) is 5. The second-order valence-electron chi connectivity index (χ2n) is 6.36. The average molecular weight is 326 g/mol. The molecular weight excluding hydrogens is 296 g/mol. The average Bonchev–Trinajstić information content (AvgIpc) is 2.84. The molecule has 5 nitrogen and oxygen atoms in total. The zero-order valence-electron chi connectivity index (χ0n) is 14.9. The van der Waals surface area contributed by atoms with Gasteiger partial charge in [-0.2, -0.15) is 0 Å². The van der Waals surface area contributed by atoms with Crippen LogP contribution in [0.1, 0.15) is 65.7 Å². The van der Waals surface area contributed by atoms with Gasteiger partial charge in [-0.05, 0) is 38.3 Å². The first-order valence-electron chi connectivity index (χ1n) is 8.50. The number of hydrogen-bond donors (Lipinski definition) is 0. The van der Waals surface area contributed by atoms with E-state index in [1.54, 1.807) is 27.0 Å². The Hall–Kier alpha value is -1.20. The third-order valence-corrected chi connectivity index (χ3v) is 3.92. The van der Waals surface area contributed by atoms with Gasteiger partial charge in [-0.1, -0.05) is 26.2 Å². The van der Waals surface area contributed by atoms with Gasteiger partial charge in [0.15, 0.2) is 11.6 Å². The van der Waals surface area contributed by atoms with Crippen molar-refractivity contribution in [2.75, 3.05) is 13.7 Å². The van der Waals surface area contributed by atoms with Crippen molar-refractivity contribution in [3.05, 3.63) is 11.6 Å². The molecule has 0 fully saturated rings. The molecule has 0 bridgehead atoms. The van der Waals surface area contributed by atoms with Crippen molar-refractivity contribution in [3.8, 4) is 0 Å². The minimum atomic E-state index is -0.728. The van der Waals surface area contributed by atoms with Gasteiger partial charge in [0.1, 0.15) is 0 Å². The molecule has 0 spiro atoms. The van der Waals surface area contributed by atoms with E-state index in [0.717, 1.165) is 25.7 Å². The van der Waals surface area contributed by atoms with Gasteiger partial charge < -0.3 is 14.2 Å². The summed E-state index contributed by atoms with van der Waals surface area (Å²) < 4.78 is 16.1. The molecule has 132 valence electrons. The zero-order chi connectivity index (χ0) is 17.3. The maximum Gasteiger partial charge on any atom is 0.306 e. The van der Waals surface area contributed by atoms with Crippen molar-refractivity contribution in [1.29, 1.82) is 0 Å². The molecule has 0 aromatic rings. The maximum absolute atomic E-state index is 12.0. The van der Waals surface area contributed by atoms with Crippen molar-refractivity contribution in [2.24, 2.45) is 0 Å². The molecule has 1 atom stereocenters. The van der Waals surface area contributed by atoms with Gasteiger partial charge in [-0.25, -0.2) is 0 Å². The second kappa shape index (κ2) is 9.83. The molecule has 0 saturated heterocycles. The molecule has 1 rings (SSSR count). The van der Waals surface area contributed by atoms with Crippen LogP contribution in [0.15, 0.2) is 11.6 Å². The van der Waals surface area contributed by atoms with Crippen molar-refractivity contribution in [1.82, 2.24) is 0 Å². The highest BCUT2D eigenvalue weighted by Crippen LogP contribution is 2.25. The van der Waals surface area contributed by atoms with Crippen molar-refractivity contribution in [2.45, 2.75) is 77.6 Å². The normalized spacial score (nSPS) is 18.2. The van der Waals surface area contributed by atoms with Crippen LogP contribution in [0, 0.1) is 0 Å². The molecule has 0 heterocycles. The molecule has 0 saturated carbocycles. The van der Waals surface area contributed by atoms with Gasteiger partial charge in [0.25, 0.3) is 0 Å². The summed E-state index contributed by atoms with van der Waals surface area (Å²) in [7, 11) is 1.57. The lowest BCUT2D eigenvalue weighted by Gasteiger charge is -2.26. The summed E-state index contributed by atoms with van der Waals surface area (Å²) in [5, 5.41) is 0. The largest absolute Gasteiger partial charge is 0.466 e. The molecule has 0 radical (unpaired) electrons. The summed E-state index contributed by atoms with van der Waals surface area (Å²) in [4.78, 5) is 23.6. The smallest absolute Gasteiger partial charge is 0.306 e. The lowest BCUT2D eigenvalue weighted by Crippen LogP contribution is -2.31. The Kier molecular flexibility index (Phi) is 8.48. The Bertz CT molecular complexity index is 425. The molecule has 0 aliphatic heterocycles. The number of unbranched alkanes of at least 4 members (excludes halogenated alkanes) is 3. The van der Waals surface area contributed by atoms with Gasteiger partial charge in [0.05, 0.1) is 12.7 Å². The molecular formula is C18H30O5. The van der Waals surface area contributed by atoms with E-state index in [0.29, 0.717) is 25.0 Å². The van der Waals surface area contributed by atoms with Gasteiger partial charge >= 0.3 is 5.97 Å². The first-order chi connectivity index (χ1) is 10.9. The molecule has 0 amide bonds. The van der Waals surface area contributed by atoms with Crippen LogP contribution in [0.4, 0.5) is 0 Å². The molecule has 0 aromatic carbocycles. The van der Waals surface area contributed by atoms with Crippen LogP contribution in [-0.4, -0.2) is 37.4 Å². The number of methoxy groups -OCH3 is 1. The number of carbonyl (C=O) groups excluding carboxylic acids is 2. The number of allylic oxidation sites excluding steroid dienone is 1. The molecule has 0 aromatic heterocycles. The minimum Gasteiger partial charge on any atom is -0.466 e. The van der Waals surface area contributed by atoms with Gasteiger partial charge in [-0.15, -0.1) is 0 Å². The molecule has 5 heteroatoms. The van der Waals surface area contributed by atoms with E-state index in [1.165, 1.54) is 0 Å². The van der Waals surface area contributed by atoms with E-state index < -0.39 is 5.79 Å². The Balaban J connectivity index is 2.30. The Morgan fingerprint density at radius 1 is 1.30 bits per heavy atom. The fourth-order valence-electron chi connectivity index (χ4n) is 2.42. The predicted octanol–water partition coefficient (Wildman–Crippen LogP) is 3.56. The fraction of sp³-hybridized carbons (Fsp3) is 0.778. The van der Waals surface area contributed by atoms with E-state index in [-0.39, 0.29) is 24.3 Å². The van der Waals surface area contributed by atoms with Crippen molar-refractivity contribution < 1.29 is 23.8 Å². The van der Waals surface area contributed by atoms with Crippen LogP contribution in [0.2, 0.25) is 0 Å². The van der Waals surface area contributed by atoms with Crippen LogP contribution >= 0.6 is 0 Å². The van der Waals surface area contributed by atoms with E-state index in [1.807, 2.05) is 0 Å². The number of esters is 1. The van der Waals surface area contributed by atoms with Crippen molar-refractivity contribution in [3.63, 3.8) is 0 Å². The Labute approximate surface area is 139 Å². The lowest BCUT2D eigenvalue weighted by molar-refractivity contribution is -0.212. The molecule has 0 N–H and O–H groups in total. The van der Waals surface area contributed by atoms with Crippen molar-refractivity contribution >= 4 is 11.8 Å². The van der Waals surface area contributed by atoms with Gasteiger partial charge in [-0.3, -0.25) is 9.59 Å². The second-order valence-corrected chi connectivity index (χ2v) is 6.36. The zero-order valence-corrected chi connectivity index (χ0v) is 14.9. The summed E-state index contributed by atoms with van der Waals surface area (Å²) >= 11 is 0. The summed E-state index contributed by atoms with van der Waals surface area (Å²) in [5.41, 5.74) is 0.657. The summed E-state index contributed by atoms with van der Waals surface area (Å²) in [5.74, 6) is -0.927. The molecule has 1 aliphatic rings. The maximum atomic E-state index is 12.0. The van der Waals surface area contributed by atoms with Gasteiger partial charge in [0, 0.05) is 20.0 Å². The Morgan fingerprint density at radius 3 is 2.70 bits per heavy atom. The van der Waals surface area contributed by atoms with Crippen LogP contribution in [0.25, 0.3) is 0 Å². The van der Waals surface area contributed by atoms with E-state index >= 15 is 0 Å². The number of rotatable bonds is 11. The van der Waals surface area contributed by atoms with E-state index in [2.05, 4.69) is 6.92 Å². The molecule has 1 unspecified atom stereocenters. The van der Waals surface area contributed by atoms with Crippen LogP contribution in [0.5, 0.6) is 0 Å². The van der Waals surface area contributed by atoms with E-state index in [4.69, 9.17) is 14.2 Å². The lowest BCUT2D eigenvalue weighted by atomic mass is 10.1. The first kappa shape index (κ1) is 19.8. The van der Waals surface area contributed by atoms with Crippen LogP contribution in [-0.2, 0) is 23.8 Å². The third-order valence-electron chi connectivity index (χ3n) is 3.92. The molecule has 23 heavy (non-hydrogen) atoms. The number of Topliss-reactive ketones (excluding diaryl/α,β-unsaturated/α-hetero) is 1. The minimum absolute atomic E-state index is 0.0395. The topological polar surface area (TPSA) is 61.8 Å².